The Morgan fingerprint density at radius 1 is 0.913 bits per heavy atom. The molecule has 0 aromatic rings. The van der Waals surface area contributed by atoms with Crippen molar-refractivity contribution in [3.8, 4) is 0 Å². The third kappa shape index (κ3) is 51.9. The predicted molar refractivity (Wildman–Crippen MR) is 106 cm³/mol. The summed E-state index contributed by atoms with van der Waals surface area (Å²) in [6.45, 7) is 18.7. The number of unbranched alkanes of at least 4 members (excludes halogenated alkanes) is 4. The summed E-state index contributed by atoms with van der Waals surface area (Å²) in [4.78, 5) is 0. The average molecular weight is 500 g/mol. The SMILES string of the molecule is C=C(C)CCC(O)CCCCCC.CC.CC.CCCC[NH-].[W]. The molecular formula is C20H46NOW-. The van der Waals surface area contributed by atoms with E-state index in [1.54, 1.807) is 0 Å². The van der Waals surface area contributed by atoms with Gasteiger partial charge in [-0.25, -0.2) is 0 Å². The second-order valence-electron chi connectivity index (χ2n) is 5.10. The molecular weight excluding hydrogens is 454 g/mol. The van der Waals surface area contributed by atoms with Crippen LogP contribution in [0.15, 0.2) is 12.2 Å². The Bertz CT molecular complexity index is 173. The Balaban J connectivity index is -0.0000000910. The monoisotopic (exact) mass is 500 g/mol. The van der Waals surface area contributed by atoms with Crippen molar-refractivity contribution in [2.45, 2.75) is 112 Å². The number of hydrogen-bond acceptors (Lipinski definition) is 1. The second-order valence-corrected chi connectivity index (χ2v) is 5.10. The van der Waals surface area contributed by atoms with Gasteiger partial charge in [-0.3, -0.25) is 0 Å². The van der Waals surface area contributed by atoms with Gasteiger partial charge in [0.2, 0.25) is 0 Å². The molecule has 0 aromatic heterocycles. The molecule has 0 radical (unpaired) electrons. The van der Waals surface area contributed by atoms with Crippen LogP contribution >= 0.6 is 0 Å². The molecule has 0 saturated carbocycles. The molecule has 144 valence electrons. The van der Waals surface area contributed by atoms with E-state index in [0.29, 0.717) is 6.54 Å². The summed E-state index contributed by atoms with van der Waals surface area (Å²) in [5.41, 5.74) is 7.78. The van der Waals surface area contributed by atoms with E-state index in [4.69, 9.17) is 5.73 Å². The van der Waals surface area contributed by atoms with Gasteiger partial charge in [-0.15, -0.1) is 6.58 Å². The van der Waals surface area contributed by atoms with E-state index < -0.39 is 0 Å². The molecule has 0 aliphatic heterocycles. The number of aliphatic hydroxyl groups is 1. The standard InChI is InChI=1S/C12H24O.C4H10N.2C2H6.W/c1-4-5-6-7-8-12(13)10-9-11(2)3;1-2-3-4-5;2*1-2;/h12-13H,2,4-10H2,1,3H3;5H,2-4H2,1H3;2*1-2H3;/q;-1;;;. The molecule has 23 heavy (non-hydrogen) atoms. The van der Waals surface area contributed by atoms with Crippen molar-refractivity contribution in [1.82, 2.24) is 0 Å². The summed E-state index contributed by atoms with van der Waals surface area (Å²) in [5.74, 6) is 0. The number of allylic oxidation sites excluding steroid dienone is 1. The fourth-order valence-corrected chi connectivity index (χ4v) is 1.54. The minimum absolute atomic E-state index is 0. The fourth-order valence-electron chi connectivity index (χ4n) is 1.54. The van der Waals surface area contributed by atoms with Crippen LogP contribution < -0.4 is 0 Å². The number of rotatable bonds is 10. The molecule has 0 aromatic carbocycles. The van der Waals surface area contributed by atoms with Gasteiger partial charge >= 0.3 is 0 Å². The first-order chi connectivity index (χ1) is 10.6. The summed E-state index contributed by atoms with van der Waals surface area (Å²) in [6.07, 6.45) is 9.93. The van der Waals surface area contributed by atoms with Crippen molar-refractivity contribution in [2.24, 2.45) is 0 Å². The van der Waals surface area contributed by atoms with Crippen molar-refractivity contribution in [3.63, 3.8) is 0 Å². The Hall–Kier alpha value is 0.348. The summed E-state index contributed by atoms with van der Waals surface area (Å²) < 4.78 is 0. The third-order valence-corrected chi connectivity index (χ3v) is 2.83. The van der Waals surface area contributed by atoms with Gasteiger partial charge in [0, 0.05) is 21.1 Å². The topological polar surface area (TPSA) is 44.0 Å². The van der Waals surface area contributed by atoms with E-state index >= 15 is 0 Å². The first kappa shape index (κ1) is 34.6. The third-order valence-electron chi connectivity index (χ3n) is 2.83. The van der Waals surface area contributed by atoms with Crippen molar-refractivity contribution in [1.29, 1.82) is 0 Å². The van der Waals surface area contributed by atoms with Crippen LogP contribution in [0, 0.1) is 0 Å². The maximum atomic E-state index is 9.56. The van der Waals surface area contributed by atoms with E-state index in [-0.39, 0.29) is 27.2 Å². The van der Waals surface area contributed by atoms with Crippen LogP contribution in [0.25, 0.3) is 5.73 Å². The zero-order chi connectivity index (χ0) is 18.2. The maximum Gasteiger partial charge on any atom is 0.0543 e. The molecule has 0 amide bonds. The molecule has 1 unspecified atom stereocenters. The van der Waals surface area contributed by atoms with E-state index in [2.05, 4.69) is 20.4 Å². The van der Waals surface area contributed by atoms with Crippen LogP contribution in [0.1, 0.15) is 106 Å². The molecule has 0 rings (SSSR count). The molecule has 3 heteroatoms. The van der Waals surface area contributed by atoms with Crippen molar-refractivity contribution >= 4 is 0 Å². The molecule has 0 fully saturated rings. The number of aliphatic hydroxyl groups excluding tert-OH is 1. The van der Waals surface area contributed by atoms with E-state index in [9.17, 15) is 5.11 Å². The Labute approximate surface area is 163 Å². The maximum absolute atomic E-state index is 9.56. The molecule has 0 bridgehead atoms. The summed E-state index contributed by atoms with van der Waals surface area (Å²) in [5, 5.41) is 9.56. The summed E-state index contributed by atoms with van der Waals surface area (Å²) in [6, 6.07) is 0. The minimum Gasteiger partial charge on any atom is -0.677 e. The first-order valence-corrected chi connectivity index (χ1v) is 9.55. The van der Waals surface area contributed by atoms with E-state index in [1.807, 2.05) is 34.6 Å². The molecule has 1 atom stereocenters. The van der Waals surface area contributed by atoms with E-state index in [1.165, 1.54) is 31.3 Å². The van der Waals surface area contributed by atoms with Crippen LogP contribution in [-0.2, 0) is 21.1 Å². The quantitative estimate of drug-likeness (QED) is 0.244. The molecule has 0 spiro atoms. The molecule has 0 aliphatic rings. The van der Waals surface area contributed by atoms with Crippen LogP contribution in [-0.4, -0.2) is 17.8 Å². The molecule has 2 nitrogen and oxygen atoms in total. The Kier molecular flexibility index (Phi) is 57.4. The molecule has 0 heterocycles. The average Bonchev–Trinajstić information content (AvgIpc) is 2.55. The van der Waals surface area contributed by atoms with Gasteiger partial charge in [0.1, 0.15) is 0 Å². The second kappa shape index (κ2) is 38.1. The largest absolute Gasteiger partial charge is 0.677 e. The summed E-state index contributed by atoms with van der Waals surface area (Å²) >= 11 is 0. The minimum atomic E-state index is -0.103. The van der Waals surface area contributed by atoms with Gasteiger partial charge in [0.25, 0.3) is 0 Å². The fraction of sp³-hybridized carbons (Fsp3) is 0.900. The van der Waals surface area contributed by atoms with Gasteiger partial charge in [0.15, 0.2) is 0 Å². The predicted octanol–water partition coefficient (Wildman–Crippen LogP) is 7.56. The van der Waals surface area contributed by atoms with Crippen LogP contribution in [0.5, 0.6) is 0 Å². The normalized spacial score (nSPS) is 9.61. The summed E-state index contributed by atoms with van der Waals surface area (Å²) in [7, 11) is 0. The Morgan fingerprint density at radius 2 is 1.39 bits per heavy atom. The first-order valence-electron chi connectivity index (χ1n) is 9.55. The zero-order valence-electron chi connectivity index (χ0n) is 17.2. The van der Waals surface area contributed by atoms with Crippen LogP contribution in [0.4, 0.5) is 0 Å². The van der Waals surface area contributed by atoms with Gasteiger partial charge in [-0.2, -0.15) is 6.54 Å². The van der Waals surface area contributed by atoms with Gasteiger partial charge in [0.05, 0.1) is 6.10 Å². The van der Waals surface area contributed by atoms with Crippen molar-refractivity contribution < 1.29 is 26.2 Å². The molecule has 0 saturated heterocycles. The van der Waals surface area contributed by atoms with Crippen LogP contribution in [0.2, 0.25) is 0 Å². The zero-order valence-corrected chi connectivity index (χ0v) is 20.1. The number of nitrogens with one attached hydrogen (secondary N) is 1. The van der Waals surface area contributed by atoms with Crippen molar-refractivity contribution in [3.05, 3.63) is 17.9 Å². The number of hydrogen-bond donors (Lipinski definition) is 1. The smallest absolute Gasteiger partial charge is 0.0543 e. The van der Waals surface area contributed by atoms with Crippen LogP contribution in [0.3, 0.4) is 0 Å². The van der Waals surface area contributed by atoms with Gasteiger partial charge < -0.3 is 10.8 Å². The molecule has 0 aliphatic carbocycles. The van der Waals surface area contributed by atoms with Gasteiger partial charge in [-0.05, 0) is 26.2 Å². The van der Waals surface area contributed by atoms with Crippen molar-refractivity contribution in [2.75, 3.05) is 6.54 Å². The molecule has 2 N–H and O–H groups in total. The van der Waals surface area contributed by atoms with E-state index in [0.717, 1.165) is 32.1 Å². The van der Waals surface area contributed by atoms with Gasteiger partial charge in [-0.1, -0.05) is 85.6 Å². The Morgan fingerprint density at radius 3 is 1.70 bits per heavy atom.